The molecule has 0 aliphatic carbocycles. The van der Waals surface area contributed by atoms with Crippen LogP contribution in [0.2, 0.25) is 0 Å². The summed E-state index contributed by atoms with van der Waals surface area (Å²) in [4.78, 5) is 4.38. The number of anilines is 1. The van der Waals surface area contributed by atoms with Crippen molar-refractivity contribution in [3.63, 3.8) is 0 Å². The maximum absolute atomic E-state index is 5.93. The van der Waals surface area contributed by atoms with Gasteiger partial charge in [0.05, 0.1) is 17.6 Å². The number of imidazole rings is 1. The molecule has 17 heavy (non-hydrogen) atoms. The quantitative estimate of drug-likeness (QED) is 0.824. The van der Waals surface area contributed by atoms with Gasteiger partial charge in [0.1, 0.15) is 0 Å². The molecule has 1 heterocycles. The van der Waals surface area contributed by atoms with E-state index in [4.69, 9.17) is 10.5 Å². The van der Waals surface area contributed by atoms with Crippen LogP contribution < -0.4 is 5.73 Å². The average molecular weight is 233 g/mol. The Bertz CT molecular complexity index is 531. The van der Waals surface area contributed by atoms with Crippen molar-refractivity contribution in [2.75, 3.05) is 18.9 Å². The largest absolute Gasteiger partial charge is 0.380 e. The van der Waals surface area contributed by atoms with E-state index in [2.05, 4.69) is 31.0 Å². The van der Waals surface area contributed by atoms with Crippen LogP contribution in [0.15, 0.2) is 12.1 Å². The smallest absolute Gasteiger partial charge is 0.201 e. The molecule has 92 valence electrons. The van der Waals surface area contributed by atoms with Gasteiger partial charge in [0, 0.05) is 13.2 Å². The molecule has 0 amide bonds. The van der Waals surface area contributed by atoms with Gasteiger partial charge in [-0.15, -0.1) is 0 Å². The molecule has 1 aromatic carbocycles. The van der Waals surface area contributed by atoms with Crippen LogP contribution in [0.5, 0.6) is 0 Å². The van der Waals surface area contributed by atoms with E-state index in [1.807, 2.05) is 11.5 Å². The van der Waals surface area contributed by atoms with Crippen LogP contribution in [0.1, 0.15) is 18.1 Å². The van der Waals surface area contributed by atoms with E-state index >= 15 is 0 Å². The van der Waals surface area contributed by atoms with E-state index < -0.39 is 0 Å². The fourth-order valence-corrected chi connectivity index (χ4v) is 1.93. The summed E-state index contributed by atoms with van der Waals surface area (Å²) < 4.78 is 7.37. The molecule has 0 saturated carbocycles. The van der Waals surface area contributed by atoms with Crippen LogP contribution in [-0.4, -0.2) is 22.8 Å². The van der Waals surface area contributed by atoms with Crippen LogP contribution in [-0.2, 0) is 11.3 Å². The summed E-state index contributed by atoms with van der Waals surface area (Å²) in [6.45, 7) is 8.32. The lowest BCUT2D eigenvalue weighted by atomic mass is 10.1. The van der Waals surface area contributed by atoms with E-state index in [1.165, 1.54) is 11.1 Å². The summed E-state index contributed by atoms with van der Waals surface area (Å²) in [5, 5.41) is 0. The second-order valence-electron chi connectivity index (χ2n) is 4.24. The standard InChI is InChI=1S/C13H19N3O/c1-4-17-6-5-16-12-8-10(3)9(2)7-11(12)15-13(16)14/h7-8H,4-6H2,1-3H3,(H2,14,15). The topological polar surface area (TPSA) is 53.1 Å². The Morgan fingerprint density at radius 2 is 2.00 bits per heavy atom. The second-order valence-corrected chi connectivity index (χ2v) is 4.24. The van der Waals surface area contributed by atoms with Crippen molar-refractivity contribution in [3.8, 4) is 0 Å². The van der Waals surface area contributed by atoms with E-state index in [1.54, 1.807) is 0 Å². The zero-order valence-electron chi connectivity index (χ0n) is 10.7. The van der Waals surface area contributed by atoms with E-state index in [-0.39, 0.29) is 0 Å². The van der Waals surface area contributed by atoms with Gasteiger partial charge in [-0.3, -0.25) is 0 Å². The highest BCUT2D eigenvalue weighted by molar-refractivity contribution is 5.80. The third kappa shape index (κ3) is 2.26. The Morgan fingerprint density at radius 1 is 1.29 bits per heavy atom. The molecule has 0 aliphatic heterocycles. The van der Waals surface area contributed by atoms with Crippen molar-refractivity contribution in [2.45, 2.75) is 27.3 Å². The Morgan fingerprint density at radius 3 is 2.71 bits per heavy atom. The van der Waals surface area contributed by atoms with E-state index in [0.717, 1.165) is 24.2 Å². The lowest BCUT2D eigenvalue weighted by Gasteiger charge is -2.07. The number of nitrogens with two attached hydrogens (primary N) is 1. The number of aromatic nitrogens is 2. The summed E-state index contributed by atoms with van der Waals surface area (Å²) in [5.41, 5.74) is 10.5. The monoisotopic (exact) mass is 233 g/mol. The Balaban J connectivity index is 2.40. The number of fused-ring (bicyclic) bond motifs is 1. The predicted molar refractivity (Wildman–Crippen MR) is 70.1 cm³/mol. The van der Waals surface area contributed by atoms with Crippen LogP contribution in [0.25, 0.3) is 11.0 Å². The van der Waals surface area contributed by atoms with E-state index in [0.29, 0.717) is 12.6 Å². The summed E-state index contributed by atoms with van der Waals surface area (Å²) in [6, 6.07) is 4.22. The average Bonchev–Trinajstić information content (AvgIpc) is 2.57. The van der Waals surface area contributed by atoms with Gasteiger partial charge in [0.15, 0.2) is 0 Å². The van der Waals surface area contributed by atoms with Gasteiger partial charge in [-0.1, -0.05) is 0 Å². The molecule has 0 aliphatic rings. The van der Waals surface area contributed by atoms with Crippen LogP contribution in [0.3, 0.4) is 0 Å². The molecular formula is C13H19N3O. The molecule has 0 saturated heterocycles. The zero-order chi connectivity index (χ0) is 12.4. The molecule has 0 atom stereocenters. The van der Waals surface area contributed by atoms with Crippen molar-refractivity contribution < 1.29 is 4.74 Å². The molecule has 1 aromatic heterocycles. The number of ether oxygens (including phenoxy) is 1. The Labute approximate surface area is 101 Å². The summed E-state index contributed by atoms with van der Waals surface area (Å²) >= 11 is 0. The van der Waals surface area contributed by atoms with Crippen LogP contribution in [0.4, 0.5) is 5.95 Å². The Hall–Kier alpha value is -1.55. The highest BCUT2D eigenvalue weighted by Crippen LogP contribution is 2.21. The number of rotatable bonds is 4. The van der Waals surface area contributed by atoms with Crippen LogP contribution in [0, 0.1) is 13.8 Å². The first-order valence-corrected chi connectivity index (χ1v) is 5.94. The fourth-order valence-electron chi connectivity index (χ4n) is 1.93. The van der Waals surface area contributed by atoms with Crippen molar-refractivity contribution in [1.82, 2.24) is 9.55 Å². The molecule has 0 radical (unpaired) electrons. The molecule has 0 spiro atoms. The van der Waals surface area contributed by atoms with Gasteiger partial charge in [-0.2, -0.15) is 0 Å². The first-order valence-electron chi connectivity index (χ1n) is 5.94. The first kappa shape index (κ1) is 11.9. The van der Waals surface area contributed by atoms with Gasteiger partial charge in [-0.25, -0.2) is 4.98 Å². The molecule has 4 heteroatoms. The van der Waals surface area contributed by atoms with E-state index in [9.17, 15) is 0 Å². The Kier molecular flexibility index (Phi) is 3.33. The van der Waals surface area contributed by atoms with Gasteiger partial charge in [0.2, 0.25) is 5.95 Å². The van der Waals surface area contributed by atoms with Crippen molar-refractivity contribution in [1.29, 1.82) is 0 Å². The molecule has 2 N–H and O–H groups in total. The summed E-state index contributed by atoms with van der Waals surface area (Å²) in [5.74, 6) is 0.560. The lowest BCUT2D eigenvalue weighted by Crippen LogP contribution is -2.08. The van der Waals surface area contributed by atoms with Crippen molar-refractivity contribution in [2.24, 2.45) is 0 Å². The number of hydrogen-bond donors (Lipinski definition) is 1. The number of nitrogen functional groups attached to an aromatic ring is 1. The molecule has 2 aromatic rings. The maximum Gasteiger partial charge on any atom is 0.201 e. The minimum atomic E-state index is 0.560. The molecule has 4 nitrogen and oxygen atoms in total. The molecule has 0 fully saturated rings. The molecule has 0 bridgehead atoms. The van der Waals surface area contributed by atoms with Gasteiger partial charge in [-0.05, 0) is 44.0 Å². The van der Waals surface area contributed by atoms with Crippen LogP contribution >= 0.6 is 0 Å². The minimum absolute atomic E-state index is 0.560. The predicted octanol–water partition coefficient (Wildman–Crippen LogP) is 2.27. The number of aryl methyl sites for hydroxylation is 2. The molecular weight excluding hydrogens is 214 g/mol. The summed E-state index contributed by atoms with van der Waals surface area (Å²) in [7, 11) is 0. The molecule has 2 rings (SSSR count). The minimum Gasteiger partial charge on any atom is -0.380 e. The van der Waals surface area contributed by atoms with Gasteiger partial charge < -0.3 is 15.0 Å². The highest BCUT2D eigenvalue weighted by atomic mass is 16.5. The second kappa shape index (κ2) is 4.75. The third-order valence-corrected chi connectivity index (χ3v) is 3.06. The maximum atomic E-state index is 5.93. The van der Waals surface area contributed by atoms with Gasteiger partial charge >= 0.3 is 0 Å². The molecule has 0 unspecified atom stereocenters. The number of hydrogen-bond acceptors (Lipinski definition) is 3. The number of benzene rings is 1. The summed E-state index contributed by atoms with van der Waals surface area (Å²) in [6.07, 6.45) is 0. The van der Waals surface area contributed by atoms with Crippen molar-refractivity contribution >= 4 is 17.0 Å². The van der Waals surface area contributed by atoms with Gasteiger partial charge in [0.25, 0.3) is 0 Å². The lowest BCUT2D eigenvalue weighted by molar-refractivity contribution is 0.140. The zero-order valence-corrected chi connectivity index (χ0v) is 10.7. The normalized spacial score (nSPS) is 11.2. The third-order valence-electron chi connectivity index (χ3n) is 3.06. The fraction of sp³-hybridized carbons (Fsp3) is 0.462. The number of nitrogens with zero attached hydrogens (tertiary/aromatic N) is 2. The highest BCUT2D eigenvalue weighted by Gasteiger charge is 2.09. The van der Waals surface area contributed by atoms with Crippen molar-refractivity contribution in [3.05, 3.63) is 23.3 Å². The first-order chi connectivity index (χ1) is 8.13. The SMILES string of the molecule is CCOCCn1c(N)nc2cc(C)c(C)cc21.